The lowest BCUT2D eigenvalue weighted by Crippen LogP contribution is -2.29. The molecule has 20 heavy (non-hydrogen) atoms. The Morgan fingerprint density at radius 1 is 1.20 bits per heavy atom. The quantitative estimate of drug-likeness (QED) is 0.939. The summed E-state index contributed by atoms with van der Waals surface area (Å²) in [6.07, 6.45) is 5.62. The van der Waals surface area contributed by atoms with E-state index in [1.165, 1.54) is 30.8 Å². The fraction of sp³-hybridized carbons (Fsp3) is 0.467. The van der Waals surface area contributed by atoms with Gasteiger partial charge in [-0.3, -0.25) is 4.57 Å². The predicted molar refractivity (Wildman–Crippen MR) is 83.2 cm³/mol. The minimum Gasteiger partial charge on any atom is -0.307 e. The third kappa shape index (κ3) is 3.41. The van der Waals surface area contributed by atoms with Gasteiger partial charge in [0.2, 0.25) is 0 Å². The number of hydrogen-bond acceptors (Lipinski definition) is 4. The van der Waals surface area contributed by atoms with Gasteiger partial charge in [0.25, 0.3) is 0 Å². The van der Waals surface area contributed by atoms with Crippen LogP contribution in [0.5, 0.6) is 0 Å². The summed E-state index contributed by atoms with van der Waals surface area (Å²) in [4.78, 5) is 0. The van der Waals surface area contributed by atoms with Gasteiger partial charge in [0.1, 0.15) is 6.33 Å². The molecule has 0 aliphatic carbocycles. The summed E-state index contributed by atoms with van der Waals surface area (Å²) >= 11 is 2.07. The number of benzene rings is 1. The molecule has 1 aliphatic rings. The summed E-state index contributed by atoms with van der Waals surface area (Å²) in [6, 6.07) is 10.9. The molecule has 4 nitrogen and oxygen atoms in total. The summed E-state index contributed by atoms with van der Waals surface area (Å²) in [5, 5.41) is 11.9. The zero-order chi connectivity index (χ0) is 13.6. The Morgan fingerprint density at radius 2 is 2.10 bits per heavy atom. The first-order valence-corrected chi connectivity index (χ1v) is 8.34. The molecule has 0 spiro atoms. The SMILES string of the molecule is c1ccc(-n2cnnc2CNC2CCCSCC2)cc1. The number of nitrogens with one attached hydrogen (secondary N) is 1. The van der Waals surface area contributed by atoms with Crippen molar-refractivity contribution in [2.24, 2.45) is 0 Å². The average molecular weight is 288 g/mol. The molecule has 1 atom stereocenters. The van der Waals surface area contributed by atoms with Crippen LogP contribution in [0, 0.1) is 0 Å². The van der Waals surface area contributed by atoms with E-state index in [4.69, 9.17) is 0 Å². The number of thioether (sulfide) groups is 1. The molecule has 1 aromatic carbocycles. The molecule has 1 unspecified atom stereocenters. The second-order valence-electron chi connectivity index (χ2n) is 5.07. The van der Waals surface area contributed by atoms with Crippen LogP contribution in [0.25, 0.3) is 5.69 Å². The molecule has 0 bridgehead atoms. The van der Waals surface area contributed by atoms with Crippen molar-refractivity contribution < 1.29 is 0 Å². The van der Waals surface area contributed by atoms with Crippen molar-refractivity contribution in [3.63, 3.8) is 0 Å². The summed E-state index contributed by atoms with van der Waals surface area (Å²) < 4.78 is 2.05. The first kappa shape index (κ1) is 13.6. The predicted octanol–water partition coefficient (Wildman–Crippen LogP) is 2.64. The van der Waals surface area contributed by atoms with Crippen LogP contribution in [0.1, 0.15) is 25.1 Å². The molecule has 106 valence electrons. The minimum atomic E-state index is 0.617. The largest absolute Gasteiger partial charge is 0.307 e. The maximum absolute atomic E-state index is 4.25. The van der Waals surface area contributed by atoms with E-state index in [1.807, 2.05) is 18.2 Å². The summed E-state index contributed by atoms with van der Waals surface area (Å²) in [5.41, 5.74) is 1.12. The Balaban J connectivity index is 1.65. The second kappa shape index (κ2) is 6.90. The monoisotopic (exact) mass is 288 g/mol. The molecule has 1 saturated heterocycles. The molecule has 5 heteroatoms. The molecule has 0 amide bonds. The van der Waals surface area contributed by atoms with E-state index in [0.717, 1.165) is 18.1 Å². The Bertz CT molecular complexity index is 518. The van der Waals surface area contributed by atoms with Crippen molar-refractivity contribution >= 4 is 11.8 Å². The van der Waals surface area contributed by atoms with E-state index in [2.05, 4.69) is 44.0 Å². The van der Waals surface area contributed by atoms with Gasteiger partial charge in [-0.25, -0.2) is 0 Å². The number of nitrogens with zero attached hydrogens (tertiary/aromatic N) is 3. The molecule has 2 aromatic rings. The highest BCUT2D eigenvalue weighted by atomic mass is 32.2. The highest BCUT2D eigenvalue weighted by Gasteiger charge is 2.13. The van der Waals surface area contributed by atoms with Crippen molar-refractivity contribution in [1.29, 1.82) is 0 Å². The highest BCUT2D eigenvalue weighted by Crippen LogP contribution is 2.17. The normalized spacial score (nSPS) is 19.7. The van der Waals surface area contributed by atoms with Crippen LogP contribution in [0.3, 0.4) is 0 Å². The third-order valence-electron chi connectivity index (χ3n) is 3.65. The first-order chi connectivity index (χ1) is 9.93. The minimum absolute atomic E-state index is 0.617. The van der Waals surface area contributed by atoms with Crippen LogP contribution in [0.2, 0.25) is 0 Å². The lowest BCUT2D eigenvalue weighted by molar-refractivity contribution is 0.462. The van der Waals surface area contributed by atoms with E-state index in [-0.39, 0.29) is 0 Å². The maximum atomic E-state index is 4.25. The van der Waals surface area contributed by atoms with Crippen LogP contribution >= 0.6 is 11.8 Å². The van der Waals surface area contributed by atoms with Gasteiger partial charge in [-0.05, 0) is 42.9 Å². The molecule has 0 saturated carbocycles. The van der Waals surface area contributed by atoms with Gasteiger partial charge in [0, 0.05) is 11.7 Å². The van der Waals surface area contributed by atoms with Crippen LogP contribution in [0.15, 0.2) is 36.7 Å². The molecule has 3 rings (SSSR count). The molecular formula is C15H20N4S. The molecule has 1 aromatic heterocycles. The van der Waals surface area contributed by atoms with Gasteiger partial charge in [0.05, 0.1) is 6.54 Å². The van der Waals surface area contributed by atoms with Crippen LogP contribution < -0.4 is 5.32 Å². The van der Waals surface area contributed by atoms with Gasteiger partial charge >= 0.3 is 0 Å². The van der Waals surface area contributed by atoms with Crippen LogP contribution in [0.4, 0.5) is 0 Å². The Labute approximate surface area is 124 Å². The maximum Gasteiger partial charge on any atom is 0.151 e. The summed E-state index contributed by atoms with van der Waals surface area (Å²) in [7, 11) is 0. The summed E-state index contributed by atoms with van der Waals surface area (Å²) in [6.45, 7) is 0.782. The van der Waals surface area contributed by atoms with Crippen molar-refractivity contribution in [2.45, 2.75) is 31.8 Å². The molecular weight excluding hydrogens is 268 g/mol. The van der Waals surface area contributed by atoms with Crippen LogP contribution in [-0.2, 0) is 6.54 Å². The summed E-state index contributed by atoms with van der Waals surface area (Å²) in [5.74, 6) is 3.55. The fourth-order valence-electron chi connectivity index (χ4n) is 2.53. The lowest BCUT2D eigenvalue weighted by Gasteiger charge is -2.15. The number of rotatable bonds is 4. The van der Waals surface area contributed by atoms with E-state index in [0.29, 0.717) is 6.04 Å². The van der Waals surface area contributed by atoms with Gasteiger partial charge in [-0.1, -0.05) is 18.2 Å². The number of hydrogen-bond donors (Lipinski definition) is 1. The van der Waals surface area contributed by atoms with E-state index >= 15 is 0 Å². The van der Waals surface area contributed by atoms with Gasteiger partial charge in [-0.2, -0.15) is 11.8 Å². The van der Waals surface area contributed by atoms with Gasteiger partial charge in [-0.15, -0.1) is 10.2 Å². The first-order valence-electron chi connectivity index (χ1n) is 7.19. The lowest BCUT2D eigenvalue weighted by atomic mass is 10.1. The van der Waals surface area contributed by atoms with Gasteiger partial charge < -0.3 is 5.32 Å². The zero-order valence-electron chi connectivity index (χ0n) is 11.5. The number of para-hydroxylation sites is 1. The Hall–Kier alpha value is -1.33. The highest BCUT2D eigenvalue weighted by molar-refractivity contribution is 7.99. The van der Waals surface area contributed by atoms with Crippen molar-refractivity contribution in [3.8, 4) is 5.69 Å². The standard InChI is InChI=1S/C15H20N4S/c1-2-6-14(7-3-1)19-12-17-18-15(19)11-16-13-5-4-9-20-10-8-13/h1-3,6-7,12-13,16H,4-5,8-11H2. The van der Waals surface area contributed by atoms with Crippen molar-refractivity contribution in [1.82, 2.24) is 20.1 Å². The van der Waals surface area contributed by atoms with E-state index in [9.17, 15) is 0 Å². The number of aromatic nitrogens is 3. The molecule has 1 N–H and O–H groups in total. The fourth-order valence-corrected chi connectivity index (χ4v) is 3.55. The topological polar surface area (TPSA) is 42.7 Å². The van der Waals surface area contributed by atoms with Crippen molar-refractivity contribution in [2.75, 3.05) is 11.5 Å². The molecule has 1 aliphatic heterocycles. The molecule has 2 heterocycles. The molecule has 0 radical (unpaired) electrons. The Morgan fingerprint density at radius 3 is 3.00 bits per heavy atom. The Kier molecular flexibility index (Phi) is 4.71. The van der Waals surface area contributed by atoms with E-state index in [1.54, 1.807) is 6.33 Å². The van der Waals surface area contributed by atoms with Gasteiger partial charge in [0.15, 0.2) is 5.82 Å². The van der Waals surface area contributed by atoms with Crippen molar-refractivity contribution in [3.05, 3.63) is 42.5 Å². The van der Waals surface area contributed by atoms with Crippen LogP contribution in [-0.4, -0.2) is 32.3 Å². The third-order valence-corrected chi connectivity index (χ3v) is 4.76. The van der Waals surface area contributed by atoms with E-state index < -0.39 is 0 Å². The smallest absolute Gasteiger partial charge is 0.151 e. The zero-order valence-corrected chi connectivity index (χ0v) is 12.4. The molecule has 1 fully saturated rings. The second-order valence-corrected chi connectivity index (χ2v) is 6.30. The average Bonchev–Trinajstić information content (AvgIpc) is 2.81.